The lowest BCUT2D eigenvalue weighted by Gasteiger charge is -2.36. The first-order valence-electron chi connectivity index (χ1n) is 11.1. The molecule has 1 aliphatic carbocycles. The molecule has 2 saturated heterocycles. The molecular weight excluding hydrogens is 366 g/mol. The molecule has 0 bridgehead atoms. The summed E-state index contributed by atoms with van der Waals surface area (Å²) in [6.07, 6.45) is 3.75. The fraction of sp³-hybridized carbons (Fsp3) is 0.652. The van der Waals surface area contributed by atoms with Gasteiger partial charge in [0.2, 0.25) is 5.91 Å². The highest BCUT2D eigenvalue weighted by Gasteiger charge is 2.58. The lowest BCUT2D eigenvalue weighted by atomic mass is 9.91. The fourth-order valence-electron chi connectivity index (χ4n) is 4.86. The van der Waals surface area contributed by atoms with E-state index < -0.39 is 6.10 Å². The first-order valence-corrected chi connectivity index (χ1v) is 11.1. The third-order valence-corrected chi connectivity index (χ3v) is 6.98. The predicted molar refractivity (Wildman–Crippen MR) is 112 cm³/mol. The number of hydrogen-bond acceptors (Lipinski definition) is 4. The molecule has 3 fully saturated rings. The minimum absolute atomic E-state index is 0.00193. The summed E-state index contributed by atoms with van der Waals surface area (Å²) in [5.74, 6) is 1.23. The van der Waals surface area contributed by atoms with Crippen LogP contribution >= 0.6 is 0 Å². The lowest BCUT2D eigenvalue weighted by Crippen LogP contribution is -2.53. The van der Waals surface area contributed by atoms with Crippen LogP contribution in [0.4, 0.5) is 0 Å². The molecule has 1 spiro atoms. The molecule has 158 valence electrons. The van der Waals surface area contributed by atoms with Crippen LogP contribution in [0, 0.1) is 11.3 Å². The van der Waals surface area contributed by atoms with Gasteiger partial charge in [-0.25, -0.2) is 0 Å². The average molecular weight is 400 g/mol. The van der Waals surface area contributed by atoms with E-state index in [1.807, 2.05) is 34.1 Å². The summed E-state index contributed by atoms with van der Waals surface area (Å²) in [4.78, 5) is 29.5. The quantitative estimate of drug-likeness (QED) is 0.824. The molecule has 1 aromatic carbocycles. The summed E-state index contributed by atoms with van der Waals surface area (Å²) in [7, 11) is 0. The molecule has 1 N–H and O–H groups in total. The van der Waals surface area contributed by atoms with E-state index in [1.54, 1.807) is 6.92 Å². The molecule has 2 aliphatic heterocycles. The van der Waals surface area contributed by atoms with Crippen LogP contribution in [0.5, 0.6) is 5.75 Å². The highest BCUT2D eigenvalue weighted by Crippen LogP contribution is 2.59. The van der Waals surface area contributed by atoms with Gasteiger partial charge in [-0.2, -0.15) is 0 Å². The minimum atomic E-state index is -0.522. The van der Waals surface area contributed by atoms with Crippen LogP contribution in [0.1, 0.15) is 38.7 Å². The summed E-state index contributed by atoms with van der Waals surface area (Å²) >= 11 is 0. The van der Waals surface area contributed by atoms with Crippen molar-refractivity contribution in [1.82, 2.24) is 15.1 Å². The number of rotatable bonds is 5. The van der Waals surface area contributed by atoms with E-state index in [4.69, 9.17) is 4.74 Å². The molecule has 0 aromatic heterocycles. The normalized spacial score (nSPS) is 24.3. The topological polar surface area (TPSA) is 61.9 Å². The molecule has 2 atom stereocenters. The third kappa shape index (κ3) is 4.27. The van der Waals surface area contributed by atoms with Crippen molar-refractivity contribution in [2.24, 2.45) is 11.3 Å². The van der Waals surface area contributed by atoms with E-state index in [0.29, 0.717) is 32.1 Å². The molecule has 3 aliphatic rings. The molecular formula is C23H33N3O3. The Kier molecular flexibility index (Phi) is 5.81. The Balaban J connectivity index is 1.25. The number of ether oxygens (including phenoxy) is 1. The zero-order valence-corrected chi connectivity index (χ0v) is 17.7. The molecule has 1 saturated carbocycles. The maximum atomic E-state index is 12.9. The number of piperidine rings is 1. The molecule has 2 heterocycles. The zero-order chi connectivity index (χ0) is 20.4. The predicted octanol–water partition coefficient (Wildman–Crippen LogP) is 2.08. The number of carbonyl (C=O) groups is 2. The van der Waals surface area contributed by atoms with E-state index in [0.717, 1.165) is 44.5 Å². The van der Waals surface area contributed by atoms with Crippen LogP contribution in [-0.4, -0.2) is 67.0 Å². The third-order valence-electron chi connectivity index (χ3n) is 6.98. The maximum Gasteiger partial charge on any atom is 0.263 e. The van der Waals surface area contributed by atoms with Gasteiger partial charge >= 0.3 is 0 Å². The van der Waals surface area contributed by atoms with Gasteiger partial charge in [-0.3, -0.25) is 9.59 Å². The number of benzene rings is 1. The second-order valence-electron chi connectivity index (χ2n) is 8.78. The Hall–Kier alpha value is -2.08. The van der Waals surface area contributed by atoms with E-state index in [9.17, 15) is 9.59 Å². The number of carbonyl (C=O) groups excluding carboxylic acids is 2. The van der Waals surface area contributed by atoms with Crippen LogP contribution in [0.3, 0.4) is 0 Å². The van der Waals surface area contributed by atoms with E-state index in [-0.39, 0.29) is 17.2 Å². The summed E-state index contributed by atoms with van der Waals surface area (Å²) in [6, 6.07) is 7.91. The zero-order valence-electron chi connectivity index (χ0n) is 17.7. The Bertz CT molecular complexity index is 734. The second kappa shape index (κ2) is 8.34. The smallest absolute Gasteiger partial charge is 0.263 e. The van der Waals surface area contributed by atoms with Crippen LogP contribution in [0.2, 0.25) is 0 Å². The first-order chi connectivity index (χ1) is 14.0. The lowest BCUT2D eigenvalue weighted by molar-refractivity contribution is -0.144. The van der Waals surface area contributed by atoms with Crippen molar-refractivity contribution in [2.45, 2.75) is 45.6 Å². The van der Waals surface area contributed by atoms with E-state index in [1.165, 1.54) is 5.56 Å². The van der Waals surface area contributed by atoms with Gasteiger partial charge in [-0.05, 0) is 68.8 Å². The van der Waals surface area contributed by atoms with Crippen molar-refractivity contribution in [3.05, 3.63) is 29.8 Å². The van der Waals surface area contributed by atoms with E-state index >= 15 is 0 Å². The summed E-state index contributed by atoms with van der Waals surface area (Å²) in [5.41, 5.74) is 1.52. The SMILES string of the molecule is CCc1ccc(OC(C)C(=O)N2CCN(C(=O)C3CC34CCNCC4)CC2)cc1. The monoisotopic (exact) mass is 399 g/mol. The van der Waals surface area contributed by atoms with Gasteiger partial charge in [0.15, 0.2) is 6.10 Å². The second-order valence-corrected chi connectivity index (χ2v) is 8.78. The van der Waals surface area contributed by atoms with Gasteiger partial charge in [0, 0.05) is 32.1 Å². The van der Waals surface area contributed by atoms with Crippen LogP contribution in [0.15, 0.2) is 24.3 Å². The Morgan fingerprint density at radius 1 is 1.10 bits per heavy atom. The van der Waals surface area contributed by atoms with Crippen LogP contribution in [-0.2, 0) is 16.0 Å². The molecule has 2 amide bonds. The van der Waals surface area contributed by atoms with Crippen molar-refractivity contribution in [2.75, 3.05) is 39.3 Å². The largest absolute Gasteiger partial charge is 0.481 e. The number of hydrogen-bond donors (Lipinski definition) is 1. The van der Waals surface area contributed by atoms with Gasteiger partial charge in [0.1, 0.15) is 5.75 Å². The molecule has 29 heavy (non-hydrogen) atoms. The highest BCUT2D eigenvalue weighted by molar-refractivity contribution is 5.84. The average Bonchev–Trinajstić information content (AvgIpc) is 3.46. The Morgan fingerprint density at radius 2 is 1.72 bits per heavy atom. The number of amides is 2. The van der Waals surface area contributed by atoms with Crippen LogP contribution < -0.4 is 10.1 Å². The van der Waals surface area contributed by atoms with Crippen molar-refractivity contribution < 1.29 is 14.3 Å². The molecule has 4 rings (SSSR count). The van der Waals surface area contributed by atoms with Crippen molar-refractivity contribution in [3.8, 4) is 5.75 Å². The van der Waals surface area contributed by atoms with Gasteiger partial charge < -0.3 is 19.9 Å². The Labute approximate surface area is 173 Å². The Morgan fingerprint density at radius 3 is 2.34 bits per heavy atom. The standard InChI is InChI=1S/C23H33N3O3/c1-3-18-4-6-19(7-5-18)29-17(2)21(27)25-12-14-26(15-13-25)22(28)20-16-23(20)8-10-24-11-9-23/h4-7,17,20,24H,3,8-16H2,1-2H3. The maximum absolute atomic E-state index is 12.9. The number of aryl methyl sites for hydroxylation is 1. The number of piperazine rings is 1. The molecule has 6 nitrogen and oxygen atoms in total. The summed E-state index contributed by atoms with van der Waals surface area (Å²) < 4.78 is 5.85. The van der Waals surface area contributed by atoms with Crippen molar-refractivity contribution in [3.63, 3.8) is 0 Å². The highest BCUT2D eigenvalue weighted by atomic mass is 16.5. The van der Waals surface area contributed by atoms with Gasteiger partial charge in [-0.1, -0.05) is 19.1 Å². The fourth-order valence-corrected chi connectivity index (χ4v) is 4.86. The first kappa shape index (κ1) is 20.2. The summed E-state index contributed by atoms with van der Waals surface area (Å²) in [5, 5.41) is 3.39. The van der Waals surface area contributed by atoms with Crippen molar-refractivity contribution >= 4 is 11.8 Å². The minimum Gasteiger partial charge on any atom is -0.481 e. The molecule has 0 radical (unpaired) electrons. The van der Waals surface area contributed by atoms with Gasteiger partial charge in [-0.15, -0.1) is 0 Å². The number of nitrogens with one attached hydrogen (secondary N) is 1. The van der Waals surface area contributed by atoms with Crippen molar-refractivity contribution in [1.29, 1.82) is 0 Å². The molecule has 1 aromatic rings. The van der Waals surface area contributed by atoms with Gasteiger partial charge in [0.05, 0.1) is 0 Å². The summed E-state index contributed by atoms with van der Waals surface area (Å²) in [6.45, 7) is 8.43. The van der Waals surface area contributed by atoms with Gasteiger partial charge in [0.25, 0.3) is 5.91 Å². The molecule has 2 unspecified atom stereocenters. The number of nitrogens with zero attached hydrogens (tertiary/aromatic N) is 2. The molecule has 6 heteroatoms. The van der Waals surface area contributed by atoms with E-state index in [2.05, 4.69) is 12.2 Å². The van der Waals surface area contributed by atoms with Crippen LogP contribution in [0.25, 0.3) is 0 Å².